The van der Waals surface area contributed by atoms with Gasteiger partial charge in [-0.15, -0.1) is 0 Å². The Balaban J connectivity index is 2.84. The fraction of sp³-hybridized carbons (Fsp3) is 0.786. The van der Waals surface area contributed by atoms with E-state index in [1.807, 2.05) is 17.8 Å². The van der Waals surface area contributed by atoms with Crippen LogP contribution in [0.5, 0.6) is 0 Å². The number of rotatable bonds is 6. The van der Waals surface area contributed by atoms with Gasteiger partial charge in [-0.1, -0.05) is 27.7 Å². The Morgan fingerprint density at radius 2 is 2.06 bits per heavy atom. The van der Waals surface area contributed by atoms with E-state index in [1.165, 1.54) is 0 Å². The third kappa shape index (κ3) is 3.82. The number of aliphatic hydroxyl groups is 1. The van der Waals surface area contributed by atoms with Gasteiger partial charge in [0.25, 0.3) is 0 Å². The summed E-state index contributed by atoms with van der Waals surface area (Å²) in [7, 11) is 0. The molecule has 0 fully saturated rings. The van der Waals surface area contributed by atoms with Crippen molar-refractivity contribution in [1.82, 2.24) is 9.78 Å². The van der Waals surface area contributed by atoms with E-state index < -0.39 is 6.10 Å². The molecule has 1 heterocycles. The number of aliphatic hydroxyl groups excluding tert-OH is 1. The number of nitrogens with zero attached hydrogens (tertiary/aromatic N) is 2. The molecule has 0 saturated carbocycles. The Hall–Kier alpha value is -0.870. The van der Waals surface area contributed by atoms with Crippen LogP contribution in [-0.2, 0) is 11.3 Å². The van der Waals surface area contributed by atoms with Crippen molar-refractivity contribution in [2.24, 2.45) is 5.41 Å². The Morgan fingerprint density at radius 3 is 2.56 bits per heavy atom. The number of hydrogen-bond donors (Lipinski definition) is 1. The van der Waals surface area contributed by atoms with Gasteiger partial charge in [-0.3, -0.25) is 4.68 Å². The number of aromatic nitrogens is 2. The largest absolute Gasteiger partial charge is 0.386 e. The maximum atomic E-state index is 10.5. The summed E-state index contributed by atoms with van der Waals surface area (Å²) in [6.07, 6.45) is 3.83. The predicted molar refractivity (Wildman–Crippen MR) is 72.3 cm³/mol. The van der Waals surface area contributed by atoms with Gasteiger partial charge in [-0.05, 0) is 18.8 Å². The summed E-state index contributed by atoms with van der Waals surface area (Å²) in [6.45, 7) is 11.8. The molecule has 18 heavy (non-hydrogen) atoms. The minimum Gasteiger partial charge on any atom is -0.386 e. The van der Waals surface area contributed by atoms with E-state index in [-0.39, 0.29) is 11.5 Å². The van der Waals surface area contributed by atoms with Gasteiger partial charge in [0, 0.05) is 24.9 Å². The average molecular weight is 254 g/mol. The Bertz CT molecular complexity index is 355. The Morgan fingerprint density at radius 1 is 1.39 bits per heavy atom. The molecule has 2 unspecified atom stereocenters. The number of aryl methyl sites for hydroxylation is 1. The van der Waals surface area contributed by atoms with Gasteiger partial charge >= 0.3 is 0 Å². The van der Waals surface area contributed by atoms with Crippen LogP contribution in [0.3, 0.4) is 0 Å². The lowest BCUT2D eigenvalue weighted by molar-refractivity contribution is -0.0899. The van der Waals surface area contributed by atoms with Crippen molar-refractivity contribution in [3.05, 3.63) is 18.0 Å². The average Bonchev–Trinajstić information content (AvgIpc) is 2.72. The highest BCUT2D eigenvalue weighted by atomic mass is 16.5. The second-order valence-electron chi connectivity index (χ2n) is 5.72. The molecule has 4 nitrogen and oxygen atoms in total. The summed E-state index contributed by atoms with van der Waals surface area (Å²) in [5.41, 5.74) is 0.722. The molecule has 1 rings (SSSR count). The van der Waals surface area contributed by atoms with Gasteiger partial charge in [-0.2, -0.15) is 5.10 Å². The molecular formula is C14H26N2O2. The molecule has 2 atom stereocenters. The topological polar surface area (TPSA) is 47.3 Å². The Kier molecular flexibility index (Phi) is 5.35. The van der Waals surface area contributed by atoms with Crippen molar-refractivity contribution in [1.29, 1.82) is 0 Å². The molecule has 0 spiro atoms. The van der Waals surface area contributed by atoms with Gasteiger partial charge in [0.1, 0.15) is 6.10 Å². The van der Waals surface area contributed by atoms with Crippen LogP contribution in [0.1, 0.15) is 52.7 Å². The van der Waals surface area contributed by atoms with Crippen molar-refractivity contribution < 1.29 is 9.84 Å². The summed E-state index contributed by atoms with van der Waals surface area (Å²) in [4.78, 5) is 0. The smallest absolute Gasteiger partial charge is 0.109 e. The summed E-state index contributed by atoms with van der Waals surface area (Å²) < 4.78 is 7.57. The first-order valence-corrected chi connectivity index (χ1v) is 6.72. The molecule has 0 aliphatic rings. The third-order valence-electron chi connectivity index (χ3n) is 2.93. The molecule has 0 aliphatic carbocycles. The van der Waals surface area contributed by atoms with Crippen LogP contribution in [0.2, 0.25) is 0 Å². The van der Waals surface area contributed by atoms with E-state index >= 15 is 0 Å². The van der Waals surface area contributed by atoms with Gasteiger partial charge in [-0.25, -0.2) is 0 Å². The molecular weight excluding hydrogens is 228 g/mol. The third-order valence-corrected chi connectivity index (χ3v) is 2.93. The van der Waals surface area contributed by atoms with E-state index in [2.05, 4.69) is 32.8 Å². The van der Waals surface area contributed by atoms with Gasteiger partial charge in [0.15, 0.2) is 0 Å². The maximum absolute atomic E-state index is 10.5. The van der Waals surface area contributed by atoms with E-state index in [4.69, 9.17) is 4.74 Å². The van der Waals surface area contributed by atoms with Crippen LogP contribution in [-0.4, -0.2) is 27.6 Å². The zero-order valence-corrected chi connectivity index (χ0v) is 12.2. The molecule has 1 aromatic rings. The van der Waals surface area contributed by atoms with Crippen LogP contribution >= 0.6 is 0 Å². The normalized spacial score (nSPS) is 15.7. The maximum Gasteiger partial charge on any atom is 0.109 e. The minimum atomic E-state index is -0.629. The lowest BCUT2D eigenvalue weighted by atomic mass is 9.84. The predicted octanol–water partition coefficient (Wildman–Crippen LogP) is 2.78. The molecule has 0 aliphatic heterocycles. The highest BCUT2D eigenvalue weighted by Gasteiger charge is 2.33. The van der Waals surface area contributed by atoms with Crippen molar-refractivity contribution in [2.75, 3.05) is 6.61 Å². The first kappa shape index (κ1) is 15.2. The van der Waals surface area contributed by atoms with Crippen molar-refractivity contribution in [3.63, 3.8) is 0 Å². The lowest BCUT2D eigenvalue weighted by Crippen LogP contribution is -2.35. The van der Waals surface area contributed by atoms with Crippen LogP contribution < -0.4 is 0 Å². The van der Waals surface area contributed by atoms with Crippen molar-refractivity contribution in [2.45, 2.75) is 59.8 Å². The van der Waals surface area contributed by atoms with Gasteiger partial charge in [0.2, 0.25) is 0 Å². The quantitative estimate of drug-likeness (QED) is 0.849. The van der Waals surface area contributed by atoms with E-state index in [0.29, 0.717) is 6.61 Å². The molecule has 1 N–H and O–H groups in total. The molecule has 0 aromatic carbocycles. The minimum absolute atomic E-state index is 0.109. The van der Waals surface area contributed by atoms with Gasteiger partial charge < -0.3 is 9.84 Å². The van der Waals surface area contributed by atoms with E-state index in [9.17, 15) is 5.11 Å². The zero-order chi connectivity index (χ0) is 13.8. The SMILES string of the molecule is CCCn1cc(C(O)C(OCC)C(C)(C)C)cn1. The first-order valence-electron chi connectivity index (χ1n) is 6.72. The molecule has 0 saturated heterocycles. The van der Waals surface area contributed by atoms with E-state index in [1.54, 1.807) is 6.20 Å². The zero-order valence-electron chi connectivity index (χ0n) is 12.2. The Labute approximate surface area is 110 Å². The van der Waals surface area contributed by atoms with Gasteiger partial charge in [0.05, 0.1) is 12.3 Å². The molecule has 1 aromatic heterocycles. The standard InChI is InChI=1S/C14H26N2O2/c1-6-8-16-10-11(9-15-16)12(17)13(18-7-2)14(3,4)5/h9-10,12-13,17H,6-8H2,1-5H3. The number of hydrogen-bond acceptors (Lipinski definition) is 3. The number of ether oxygens (including phenoxy) is 1. The second-order valence-corrected chi connectivity index (χ2v) is 5.72. The highest BCUT2D eigenvalue weighted by molar-refractivity contribution is 5.11. The van der Waals surface area contributed by atoms with Crippen molar-refractivity contribution >= 4 is 0 Å². The summed E-state index contributed by atoms with van der Waals surface area (Å²) in [5.74, 6) is 0. The van der Waals surface area contributed by atoms with Crippen molar-refractivity contribution in [3.8, 4) is 0 Å². The highest BCUT2D eigenvalue weighted by Crippen LogP contribution is 2.32. The van der Waals surface area contributed by atoms with Crippen LogP contribution in [0.4, 0.5) is 0 Å². The van der Waals surface area contributed by atoms with Crippen LogP contribution in [0, 0.1) is 5.41 Å². The molecule has 0 bridgehead atoms. The molecule has 0 radical (unpaired) electrons. The summed E-state index contributed by atoms with van der Waals surface area (Å²) >= 11 is 0. The summed E-state index contributed by atoms with van der Waals surface area (Å²) in [5, 5.41) is 14.7. The first-order chi connectivity index (χ1) is 8.40. The fourth-order valence-electron chi connectivity index (χ4n) is 2.05. The van der Waals surface area contributed by atoms with E-state index in [0.717, 1.165) is 18.5 Å². The lowest BCUT2D eigenvalue weighted by Gasteiger charge is -2.33. The second kappa shape index (κ2) is 6.34. The monoisotopic (exact) mass is 254 g/mol. The summed E-state index contributed by atoms with van der Waals surface area (Å²) in [6, 6.07) is 0. The molecule has 0 amide bonds. The van der Waals surface area contributed by atoms with Crippen LogP contribution in [0.25, 0.3) is 0 Å². The fourth-order valence-corrected chi connectivity index (χ4v) is 2.05. The molecule has 4 heteroatoms. The molecule has 104 valence electrons. The van der Waals surface area contributed by atoms with Crippen LogP contribution in [0.15, 0.2) is 12.4 Å².